The van der Waals surface area contributed by atoms with Crippen LogP contribution in [-0.2, 0) is 4.74 Å². The minimum absolute atomic E-state index is 0.0568. The van der Waals surface area contributed by atoms with E-state index in [1.807, 2.05) is 0 Å². The second-order valence-electron chi connectivity index (χ2n) is 4.20. The molecular formula is C12H16N2O4. The molecule has 1 unspecified atom stereocenters. The number of nitro groups is 1. The Hall–Kier alpha value is -1.82. The SMILES string of the molecule is COc1ccc([N+](=O)[O-])c(NC2CCCOC2)c1. The topological polar surface area (TPSA) is 73.6 Å². The summed E-state index contributed by atoms with van der Waals surface area (Å²) >= 11 is 0. The highest BCUT2D eigenvalue weighted by Gasteiger charge is 2.19. The zero-order chi connectivity index (χ0) is 13.0. The van der Waals surface area contributed by atoms with Crippen molar-refractivity contribution in [3.05, 3.63) is 28.3 Å². The van der Waals surface area contributed by atoms with Gasteiger partial charge in [0.25, 0.3) is 5.69 Å². The van der Waals surface area contributed by atoms with Crippen molar-refractivity contribution in [3.63, 3.8) is 0 Å². The van der Waals surface area contributed by atoms with Crippen LogP contribution in [0.15, 0.2) is 18.2 Å². The highest BCUT2D eigenvalue weighted by atomic mass is 16.6. The van der Waals surface area contributed by atoms with Gasteiger partial charge in [0.1, 0.15) is 11.4 Å². The average Bonchev–Trinajstić information content (AvgIpc) is 2.39. The lowest BCUT2D eigenvalue weighted by molar-refractivity contribution is -0.384. The number of methoxy groups -OCH3 is 1. The standard InChI is InChI=1S/C12H16N2O4/c1-17-10-4-5-12(14(15)16)11(7-10)13-9-3-2-6-18-8-9/h4-5,7,9,13H,2-3,6,8H2,1H3. The van der Waals surface area contributed by atoms with Crippen LogP contribution in [0.1, 0.15) is 12.8 Å². The van der Waals surface area contributed by atoms with Crippen molar-refractivity contribution in [1.82, 2.24) is 0 Å². The maximum Gasteiger partial charge on any atom is 0.292 e. The molecule has 1 heterocycles. The van der Waals surface area contributed by atoms with Crippen molar-refractivity contribution < 1.29 is 14.4 Å². The van der Waals surface area contributed by atoms with E-state index in [2.05, 4.69) is 5.32 Å². The molecule has 2 rings (SSSR count). The molecule has 1 aromatic rings. The van der Waals surface area contributed by atoms with E-state index in [1.165, 1.54) is 13.2 Å². The summed E-state index contributed by atoms with van der Waals surface area (Å²) in [6.45, 7) is 1.34. The van der Waals surface area contributed by atoms with Gasteiger partial charge >= 0.3 is 0 Å². The fourth-order valence-corrected chi connectivity index (χ4v) is 1.99. The molecule has 1 saturated heterocycles. The van der Waals surface area contributed by atoms with Crippen LogP contribution in [0, 0.1) is 10.1 Å². The molecule has 0 bridgehead atoms. The molecule has 0 spiro atoms. The third-order valence-electron chi connectivity index (χ3n) is 2.92. The normalized spacial score (nSPS) is 19.3. The first kappa shape index (κ1) is 12.6. The molecule has 18 heavy (non-hydrogen) atoms. The van der Waals surface area contributed by atoms with Gasteiger partial charge in [-0.15, -0.1) is 0 Å². The number of nitrogens with one attached hydrogen (secondary N) is 1. The van der Waals surface area contributed by atoms with Crippen molar-refractivity contribution in [2.45, 2.75) is 18.9 Å². The van der Waals surface area contributed by atoms with Gasteiger partial charge in [-0.2, -0.15) is 0 Å². The summed E-state index contributed by atoms with van der Waals surface area (Å²) in [6.07, 6.45) is 1.92. The molecule has 98 valence electrons. The number of nitrogens with zero attached hydrogens (tertiary/aromatic N) is 1. The van der Waals surface area contributed by atoms with Gasteiger partial charge in [0, 0.05) is 24.8 Å². The number of nitro benzene ring substituents is 1. The minimum atomic E-state index is -0.397. The second kappa shape index (κ2) is 5.68. The van der Waals surface area contributed by atoms with Gasteiger partial charge in [-0.05, 0) is 18.9 Å². The predicted molar refractivity (Wildman–Crippen MR) is 67.1 cm³/mol. The molecule has 1 atom stereocenters. The second-order valence-corrected chi connectivity index (χ2v) is 4.20. The fraction of sp³-hybridized carbons (Fsp3) is 0.500. The summed E-state index contributed by atoms with van der Waals surface area (Å²) in [6, 6.07) is 4.79. The van der Waals surface area contributed by atoms with Gasteiger partial charge in [0.2, 0.25) is 0 Å². The average molecular weight is 252 g/mol. The molecule has 1 aromatic carbocycles. The van der Waals surface area contributed by atoms with E-state index in [-0.39, 0.29) is 11.7 Å². The van der Waals surface area contributed by atoms with E-state index < -0.39 is 4.92 Å². The van der Waals surface area contributed by atoms with Crippen molar-refractivity contribution >= 4 is 11.4 Å². The number of ether oxygens (including phenoxy) is 2. The Morgan fingerprint density at radius 1 is 1.56 bits per heavy atom. The summed E-state index contributed by atoms with van der Waals surface area (Å²) < 4.78 is 10.4. The molecule has 0 saturated carbocycles. The Labute approximate surface area is 105 Å². The summed E-state index contributed by atoms with van der Waals surface area (Å²) in [7, 11) is 1.54. The van der Waals surface area contributed by atoms with Crippen LogP contribution in [0.2, 0.25) is 0 Å². The lowest BCUT2D eigenvalue weighted by Crippen LogP contribution is -2.30. The molecule has 1 aliphatic heterocycles. The van der Waals surface area contributed by atoms with Gasteiger partial charge in [0.05, 0.1) is 18.6 Å². The Morgan fingerprint density at radius 3 is 3.00 bits per heavy atom. The monoisotopic (exact) mass is 252 g/mol. The third kappa shape index (κ3) is 2.89. The van der Waals surface area contributed by atoms with Crippen LogP contribution in [-0.4, -0.2) is 31.3 Å². The molecule has 6 heteroatoms. The smallest absolute Gasteiger partial charge is 0.292 e. The van der Waals surface area contributed by atoms with Crippen LogP contribution in [0.5, 0.6) is 5.75 Å². The first-order valence-corrected chi connectivity index (χ1v) is 5.87. The molecule has 0 aliphatic carbocycles. The maximum absolute atomic E-state index is 11.0. The van der Waals surface area contributed by atoms with Crippen LogP contribution >= 0.6 is 0 Å². The number of rotatable bonds is 4. The first-order chi connectivity index (χ1) is 8.70. The van der Waals surface area contributed by atoms with E-state index in [0.29, 0.717) is 18.0 Å². The molecule has 1 aliphatic rings. The summed E-state index contributed by atoms with van der Waals surface area (Å²) in [4.78, 5) is 10.6. The first-order valence-electron chi connectivity index (χ1n) is 5.87. The zero-order valence-corrected chi connectivity index (χ0v) is 10.2. The number of benzene rings is 1. The Morgan fingerprint density at radius 2 is 2.39 bits per heavy atom. The molecule has 0 aromatic heterocycles. The van der Waals surface area contributed by atoms with E-state index in [0.717, 1.165) is 19.4 Å². The summed E-state index contributed by atoms with van der Waals surface area (Å²) in [5.74, 6) is 0.597. The summed E-state index contributed by atoms with van der Waals surface area (Å²) in [5, 5.41) is 14.1. The molecule has 0 radical (unpaired) electrons. The van der Waals surface area contributed by atoms with Crippen molar-refractivity contribution in [3.8, 4) is 5.75 Å². The van der Waals surface area contributed by atoms with Gasteiger partial charge < -0.3 is 14.8 Å². The van der Waals surface area contributed by atoms with E-state index in [4.69, 9.17) is 9.47 Å². The maximum atomic E-state index is 11.0. The lowest BCUT2D eigenvalue weighted by Gasteiger charge is -2.24. The van der Waals surface area contributed by atoms with Crippen LogP contribution in [0.4, 0.5) is 11.4 Å². The Bertz CT molecular complexity index is 430. The molecular weight excluding hydrogens is 236 g/mol. The zero-order valence-electron chi connectivity index (χ0n) is 10.2. The van der Waals surface area contributed by atoms with Gasteiger partial charge in [-0.3, -0.25) is 10.1 Å². The lowest BCUT2D eigenvalue weighted by atomic mass is 10.1. The third-order valence-corrected chi connectivity index (χ3v) is 2.92. The largest absolute Gasteiger partial charge is 0.497 e. The van der Waals surface area contributed by atoms with Crippen molar-refractivity contribution in [2.24, 2.45) is 0 Å². The van der Waals surface area contributed by atoms with Crippen LogP contribution < -0.4 is 10.1 Å². The highest BCUT2D eigenvalue weighted by Crippen LogP contribution is 2.30. The predicted octanol–water partition coefficient (Wildman–Crippen LogP) is 2.19. The van der Waals surface area contributed by atoms with Gasteiger partial charge in [-0.1, -0.05) is 0 Å². The van der Waals surface area contributed by atoms with Gasteiger partial charge in [-0.25, -0.2) is 0 Å². The molecule has 0 amide bonds. The Balaban J connectivity index is 2.19. The number of hydrogen-bond acceptors (Lipinski definition) is 5. The van der Waals surface area contributed by atoms with Crippen LogP contribution in [0.25, 0.3) is 0 Å². The molecule has 1 fully saturated rings. The molecule has 1 N–H and O–H groups in total. The quantitative estimate of drug-likeness (QED) is 0.656. The van der Waals surface area contributed by atoms with Gasteiger partial charge in [0.15, 0.2) is 0 Å². The molecule has 6 nitrogen and oxygen atoms in total. The Kier molecular flexibility index (Phi) is 3.99. The van der Waals surface area contributed by atoms with E-state index in [1.54, 1.807) is 12.1 Å². The number of anilines is 1. The van der Waals surface area contributed by atoms with E-state index >= 15 is 0 Å². The van der Waals surface area contributed by atoms with Crippen molar-refractivity contribution in [1.29, 1.82) is 0 Å². The fourth-order valence-electron chi connectivity index (χ4n) is 1.99. The minimum Gasteiger partial charge on any atom is -0.497 e. The number of hydrogen-bond donors (Lipinski definition) is 1. The summed E-state index contributed by atoms with van der Waals surface area (Å²) in [5.41, 5.74) is 0.538. The van der Waals surface area contributed by atoms with Crippen LogP contribution in [0.3, 0.4) is 0 Å². The van der Waals surface area contributed by atoms with Crippen molar-refractivity contribution in [2.75, 3.05) is 25.6 Å². The highest BCUT2D eigenvalue weighted by molar-refractivity contribution is 5.64. The van der Waals surface area contributed by atoms with E-state index in [9.17, 15) is 10.1 Å².